The highest BCUT2D eigenvalue weighted by Gasteiger charge is 2.15. The zero-order chi connectivity index (χ0) is 12.8. The fourth-order valence-electron chi connectivity index (χ4n) is 1.02. The van der Waals surface area contributed by atoms with E-state index < -0.39 is 11.7 Å². The molecule has 0 saturated carbocycles. The summed E-state index contributed by atoms with van der Waals surface area (Å²) < 4.78 is 9.69. The highest BCUT2D eigenvalue weighted by atomic mass is 16.6. The third-order valence-corrected chi connectivity index (χ3v) is 1.73. The molecule has 0 radical (unpaired) electrons. The quantitative estimate of drug-likeness (QED) is 0.267. The van der Waals surface area contributed by atoms with Crippen molar-refractivity contribution in [3.63, 3.8) is 0 Å². The number of carbonyl (C=O) groups excluding carboxylic acids is 2. The van der Waals surface area contributed by atoms with E-state index in [0.717, 1.165) is 5.94 Å². The van der Waals surface area contributed by atoms with E-state index in [2.05, 4.69) is 4.74 Å². The maximum Gasteiger partial charge on any atom is 0.390 e. The van der Waals surface area contributed by atoms with E-state index in [0.29, 0.717) is 12.4 Å². The van der Waals surface area contributed by atoms with Crippen LogP contribution in [0.2, 0.25) is 0 Å². The zero-order valence-corrected chi connectivity index (χ0v) is 8.97. The zero-order valence-electron chi connectivity index (χ0n) is 8.97. The second-order valence-corrected chi connectivity index (χ2v) is 2.90. The van der Waals surface area contributed by atoms with Gasteiger partial charge in [0, 0.05) is 6.07 Å². The van der Waals surface area contributed by atoms with Crippen molar-refractivity contribution in [3.05, 3.63) is 24.0 Å². The van der Waals surface area contributed by atoms with Crippen molar-refractivity contribution in [2.45, 2.75) is 6.92 Å². The average Bonchev–Trinajstić information content (AvgIpc) is 2.32. The molecule has 0 bridgehead atoms. The number of phenols is 1. The van der Waals surface area contributed by atoms with Crippen molar-refractivity contribution in [1.82, 2.24) is 0 Å². The van der Waals surface area contributed by atoms with E-state index in [4.69, 9.17) is 9.84 Å². The van der Waals surface area contributed by atoms with Crippen LogP contribution in [0.4, 0.5) is 0 Å². The first-order chi connectivity index (χ1) is 8.08. The molecule has 17 heavy (non-hydrogen) atoms. The van der Waals surface area contributed by atoms with Gasteiger partial charge < -0.3 is 19.7 Å². The van der Waals surface area contributed by atoms with Gasteiger partial charge in [0.25, 0.3) is 5.76 Å². The number of esters is 1. The average molecular weight is 238 g/mol. The first kappa shape index (κ1) is 12.6. The highest BCUT2D eigenvalue weighted by Crippen LogP contribution is 2.30. The van der Waals surface area contributed by atoms with Gasteiger partial charge in [0.2, 0.25) is 0 Å². The normalized spacial score (nSPS) is 9.24. The Balaban J connectivity index is 2.93. The molecule has 90 valence electrons. The van der Waals surface area contributed by atoms with Crippen LogP contribution in [-0.2, 0) is 9.59 Å². The van der Waals surface area contributed by atoms with E-state index in [-0.39, 0.29) is 11.5 Å². The van der Waals surface area contributed by atoms with Gasteiger partial charge in [0.15, 0.2) is 17.4 Å². The summed E-state index contributed by atoms with van der Waals surface area (Å²) in [4.78, 5) is 21.0. The maximum atomic E-state index is 11.0. The van der Waals surface area contributed by atoms with Crippen LogP contribution in [0.1, 0.15) is 6.92 Å². The minimum atomic E-state index is -1.30. The van der Waals surface area contributed by atoms with Crippen LogP contribution in [-0.4, -0.2) is 28.7 Å². The van der Waals surface area contributed by atoms with Crippen LogP contribution in [0.3, 0.4) is 0 Å². The van der Waals surface area contributed by atoms with Gasteiger partial charge in [0.05, 0.1) is 6.61 Å². The van der Waals surface area contributed by atoms with Gasteiger partial charge in [-0.15, -0.1) is 0 Å². The van der Waals surface area contributed by atoms with Crippen LogP contribution in [0.5, 0.6) is 17.2 Å². The molecular formula is C11H10O6. The predicted molar refractivity (Wildman–Crippen MR) is 56.7 cm³/mol. The highest BCUT2D eigenvalue weighted by molar-refractivity contribution is 5.95. The van der Waals surface area contributed by atoms with E-state index in [9.17, 15) is 14.7 Å². The molecule has 0 amide bonds. The summed E-state index contributed by atoms with van der Waals surface area (Å²) >= 11 is 0. The van der Waals surface area contributed by atoms with E-state index in [1.165, 1.54) is 18.2 Å². The summed E-state index contributed by atoms with van der Waals surface area (Å²) in [5, 5.41) is 18.1. The van der Waals surface area contributed by atoms with Crippen molar-refractivity contribution in [1.29, 1.82) is 0 Å². The second kappa shape index (κ2) is 5.58. The summed E-state index contributed by atoms with van der Waals surface area (Å²) in [6.07, 6.45) is 0. The van der Waals surface area contributed by atoms with Crippen molar-refractivity contribution >= 4 is 11.9 Å². The number of rotatable bonds is 4. The Hall–Kier alpha value is -2.46. The van der Waals surface area contributed by atoms with Crippen LogP contribution < -0.4 is 9.47 Å². The van der Waals surface area contributed by atoms with Gasteiger partial charge in [-0.2, -0.15) is 0 Å². The van der Waals surface area contributed by atoms with Crippen LogP contribution in [0.15, 0.2) is 24.0 Å². The Kier molecular flexibility index (Phi) is 4.14. The fourth-order valence-corrected chi connectivity index (χ4v) is 1.02. The molecule has 0 atom stereocenters. The van der Waals surface area contributed by atoms with Gasteiger partial charge in [-0.1, -0.05) is 0 Å². The Morgan fingerprint density at radius 2 is 2.18 bits per heavy atom. The predicted octanol–water partition coefficient (Wildman–Crippen LogP) is 0.970. The standard InChI is InChI=1S/C11H10O6/c1-2-16-7-3-4-8(13)10(5-7)17-11(15)9(14)6-12/h3-5,13-14H,2H2,1H3. The molecular weight excluding hydrogens is 228 g/mol. The molecule has 0 unspecified atom stereocenters. The maximum absolute atomic E-state index is 11.0. The van der Waals surface area contributed by atoms with Gasteiger partial charge in [0.1, 0.15) is 5.75 Å². The molecule has 0 aliphatic rings. The lowest BCUT2D eigenvalue weighted by atomic mass is 10.3. The van der Waals surface area contributed by atoms with Crippen molar-refractivity contribution in [2.24, 2.45) is 0 Å². The number of aliphatic hydroxyl groups excluding tert-OH is 1. The molecule has 0 saturated heterocycles. The molecule has 0 aliphatic carbocycles. The number of hydrogen-bond donors (Lipinski definition) is 2. The van der Waals surface area contributed by atoms with Crippen molar-refractivity contribution in [2.75, 3.05) is 6.61 Å². The van der Waals surface area contributed by atoms with Crippen LogP contribution in [0, 0.1) is 0 Å². The molecule has 1 aromatic rings. The number of phenolic OH excluding ortho intramolecular Hbond substituents is 1. The largest absolute Gasteiger partial charge is 0.504 e. The van der Waals surface area contributed by atoms with Gasteiger partial charge >= 0.3 is 5.97 Å². The minimum absolute atomic E-state index is 0.220. The lowest BCUT2D eigenvalue weighted by molar-refractivity contribution is -0.132. The number of carbonyl (C=O) groups is 1. The molecule has 6 heteroatoms. The van der Waals surface area contributed by atoms with E-state index >= 15 is 0 Å². The molecule has 1 aromatic carbocycles. The van der Waals surface area contributed by atoms with Gasteiger partial charge in [-0.25, -0.2) is 9.59 Å². The Morgan fingerprint density at radius 3 is 2.76 bits per heavy atom. The first-order valence-electron chi connectivity index (χ1n) is 4.70. The Labute approximate surface area is 96.7 Å². The second-order valence-electron chi connectivity index (χ2n) is 2.90. The topological polar surface area (TPSA) is 93.1 Å². The Morgan fingerprint density at radius 1 is 1.47 bits per heavy atom. The smallest absolute Gasteiger partial charge is 0.390 e. The molecule has 0 spiro atoms. The molecule has 0 fully saturated rings. The number of hydrogen-bond acceptors (Lipinski definition) is 6. The third-order valence-electron chi connectivity index (χ3n) is 1.73. The van der Waals surface area contributed by atoms with E-state index in [1.54, 1.807) is 6.92 Å². The van der Waals surface area contributed by atoms with Gasteiger partial charge in [-0.3, -0.25) is 0 Å². The lowest BCUT2D eigenvalue weighted by Crippen LogP contribution is -2.11. The molecule has 0 aliphatic heterocycles. The van der Waals surface area contributed by atoms with Crippen molar-refractivity contribution in [3.8, 4) is 17.2 Å². The van der Waals surface area contributed by atoms with Crippen LogP contribution in [0.25, 0.3) is 0 Å². The van der Waals surface area contributed by atoms with Gasteiger partial charge in [-0.05, 0) is 19.1 Å². The first-order valence-corrected chi connectivity index (χ1v) is 4.70. The molecule has 2 N–H and O–H groups in total. The third kappa shape index (κ3) is 3.25. The molecule has 0 heterocycles. The summed E-state index contributed by atoms with van der Waals surface area (Å²) in [5.74, 6) is -1.69. The SMILES string of the molecule is CCOc1ccc(O)c(OC(=O)C(O)=C=O)c1. The monoisotopic (exact) mass is 238 g/mol. The number of aliphatic hydroxyl groups is 1. The summed E-state index contributed by atoms with van der Waals surface area (Å²) in [6.45, 7) is 2.16. The fraction of sp³-hybridized carbons (Fsp3) is 0.182. The van der Waals surface area contributed by atoms with Crippen LogP contribution >= 0.6 is 0 Å². The molecule has 0 aromatic heterocycles. The number of benzene rings is 1. The summed E-state index contributed by atoms with van der Waals surface area (Å²) in [5.41, 5.74) is 0. The Bertz CT molecular complexity index is 473. The lowest BCUT2D eigenvalue weighted by Gasteiger charge is -2.07. The summed E-state index contributed by atoms with van der Waals surface area (Å²) in [6, 6.07) is 4.00. The van der Waals surface area contributed by atoms with Crippen molar-refractivity contribution < 1.29 is 29.3 Å². The number of aromatic hydroxyl groups is 1. The summed E-state index contributed by atoms with van der Waals surface area (Å²) in [7, 11) is 0. The molecule has 1 rings (SSSR count). The van der Waals surface area contributed by atoms with E-state index in [1.807, 2.05) is 0 Å². The minimum Gasteiger partial charge on any atom is -0.504 e. The molecule has 6 nitrogen and oxygen atoms in total. The number of ether oxygens (including phenoxy) is 2.